The summed E-state index contributed by atoms with van der Waals surface area (Å²) >= 11 is 0. The molecule has 16 heavy (non-hydrogen) atoms. The lowest BCUT2D eigenvalue weighted by molar-refractivity contribution is 0.585. The van der Waals surface area contributed by atoms with Gasteiger partial charge in [0.15, 0.2) is 0 Å². The van der Waals surface area contributed by atoms with Crippen molar-refractivity contribution in [3.63, 3.8) is 0 Å². The minimum atomic E-state index is 0.843. The molecule has 1 aromatic rings. The SMILES string of the molecule is CCCC1CC1NCCCc1ccccc1. The average Bonchev–Trinajstić information content (AvgIpc) is 3.05. The maximum absolute atomic E-state index is 3.66. The number of hydrogen-bond acceptors (Lipinski definition) is 1. The molecule has 0 heterocycles. The van der Waals surface area contributed by atoms with Gasteiger partial charge >= 0.3 is 0 Å². The highest BCUT2D eigenvalue weighted by Crippen LogP contribution is 2.34. The van der Waals surface area contributed by atoms with Gasteiger partial charge in [-0.1, -0.05) is 43.7 Å². The van der Waals surface area contributed by atoms with Crippen LogP contribution in [-0.2, 0) is 6.42 Å². The first-order chi connectivity index (χ1) is 7.90. The molecule has 1 fully saturated rings. The minimum absolute atomic E-state index is 0.843. The van der Waals surface area contributed by atoms with Crippen LogP contribution in [0, 0.1) is 5.92 Å². The van der Waals surface area contributed by atoms with E-state index in [1.807, 2.05) is 0 Å². The summed E-state index contributed by atoms with van der Waals surface area (Å²) in [5, 5.41) is 3.66. The van der Waals surface area contributed by atoms with Crippen LogP contribution in [0.1, 0.15) is 38.2 Å². The maximum Gasteiger partial charge on any atom is 0.00991 e. The van der Waals surface area contributed by atoms with Crippen LogP contribution in [0.25, 0.3) is 0 Å². The molecule has 0 bridgehead atoms. The van der Waals surface area contributed by atoms with Crippen LogP contribution < -0.4 is 5.32 Å². The zero-order chi connectivity index (χ0) is 11.2. The Balaban J connectivity index is 1.53. The van der Waals surface area contributed by atoms with E-state index in [1.165, 1.54) is 44.2 Å². The van der Waals surface area contributed by atoms with Crippen molar-refractivity contribution in [3.05, 3.63) is 35.9 Å². The molecule has 2 atom stereocenters. The van der Waals surface area contributed by atoms with Gasteiger partial charge in [-0.3, -0.25) is 0 Å². The van der Waals surface area contributed by atoms with E-state index < -0.39 is 0 Å². The lowest BCUT2D eigenvalue weighted by Crippen LogP contribution is -2.20. The monoisotopic (exact) mass is 217 g/mol. The average molecular weight is 217 g/mol. The van der Waals surface area contributed by atoms with E-state index in [0.717, 1.165) is 12.0 Å². The number of aryl methyl sites for hydroxylation is 1. The van der Waals surface area contributed by atoms with E-state index in [1.54, 1.807) is 0 Å². The van der Waals surface area contributed by atoms with E-state index >= 15 is 0 Å². The Hall–Kier alpha value is -0.820. The maximum atomic E-state index is 3.66. The third kappa shape index (κ3) is 3.64. The molecule has 1 nitrogen and oxygen atoms in total. The van der Waals surface area contributed by atoms with E-state index in [4.69, 9.17) is 0 Å². The predicted octanol–water partition coefficient (Wildman–Crippen LogP) is 3.40. The first-order valence-corrected chi connectivity index (χ1v) is 6.67. The largest absolute Gasteiger partial charge is 0.314 e. The molecule has 0 saturated heterocycles. The molecule has 1 aliphatic carbocycles. The van der Waals surface area contributed by atoms with Gasteiger partial charge in [-0.15, -0.1) is 0 Å². The molecular weight excluding hydrogens is 194 g/mol. The summed E-state index contributed by atoms with van der Waals surface area (Å²) in [5.41, 5.74) is 1.46. The molecule has 0 aliphatic heterocycles. The van der Waals surface area contributed by atoms with E-state index in [0.29, 0.717) is 0 Å². The molecule has 1 saturated carbocycles. The van der Waals surface area contributed by atoms with Crippen LogP contribution in [0.4, 0.5) is 0 Å². The fourth-order valence-corrected chi connectivity index (χ4v) is 2.41. The van der Waals surface area contributed by atoms with Crippen molar-refractivity contribution in [1.29, 1.82) is 0 Å². The Morgan fingerprint density at radius 2 is 2.06 bits per heavy atom. The molecule has 0 radical (unpaired) electrons. The number of nitrogens with one attached hydrogen (secondary N) is 1. The van der Waals surface area contributed by atoms with Gasteiger partial charge in [0.1, 0.15) is 0 Å². The van der Waals surface area contributed by atoms with Crippen molar-refractivity contribution < 1.29 is 0 Å². The van der Waals surface area contributed by atoms with E-state index in [-0.39, 0.29) is 0 Å². The summed E-state index contributed by atoms with van der Waals surface area (Å²) in [6.07, 6.45) is 6.64. The van der Waals surface area contributed by atoms with E-state index in [2.05, 4.69) is 42.6 Å². The molecule has 2 unspecified atom stereocenters. The van der Waals surface area contributed by atoms with Gasteiger partial charge in [-0.25, -0.2) is 0 Å². The summed E-state index contributed by atoms with van der Waals surface area (Å²) in [5.74, 6) is 0.988. The van der Waals surface area contributed by atoms with Crippen molar-refractivity contribution in [2.24, 2.45) is 5.92 Å². The van der Waals surface area contributed by atoms with Crippen molar-refractivity contribution in [1.82, 2.24) is 5.32 Å². The molecule has 0 spiro atoms. The third-order valence-corrected chi connectivity index (χ3v) is 3.47. The lowest BCUT2D eigenvalue weighted by atomic mass is 10.1. The van der Waals surface area contributed by atoms with Crippen molar-refractivity contribution in [3.8, 4) is 0 Å². The summed E-state index contributed by atoms with van der Waals surface area (Å²) in [6, 6.07) is 11.6. The molecule has 1 heteroatoms. The zero-order valence-corrected chi connectivity index (χ0v) is 10.3. The topological polar surface area (TPSA) is 12.0 Å². The third-order valence-electron chi connectivity index (χ3n) is 3.47. The minimum Gasteiger partial charge on any atom is -0.314 e. The standard InChI is InChI=1S/C15H23N/c1-2-7-14-12-15(14)16-11-6-10-13-8-4-3-5-9-13/h3-5,8-9,14-16H,2,6-7,10-12H2,1H3. The molecule has 1 aliphatic rings. The summed E-state index contributed by atoms with van der Waals surface area (Å²) in [7, 11) is 0. The molecule has 2 rings (SSSR count). The Bertz CT molecular complexity index is 294. The van der Waals surface area contributed by atoms with Gasteiger partial charge in [-0.05, 0) is 43.7 Å². The van der Waals surface area contributed by atoms with Gasteiger partial charge in [-0.2, -0.15) is 0 Å². The molecule has 0 amide bonds. The lowest BCUT2D eigenvalue weighted by Gasteiger charge is -2.04. The fraction of sp³-hybridized carbons (Fsp3) is 0.600. The van der Waals surface area contributed by atoms with Crippen LogP contribution in [0.15, 0.2) is 30.3 Å². The second-order valence-electron chi connectivity index (χ2n) is 4.93. The van der Waals surface area contributed by atoms with Crippen LogP contribution in [-0.4, -0.2) is 12.6 Å². The van der Waals surface area contributed by atoms with Gasteiger partial charge in [0, 0.05) is 6.04 Å². The zero-order valence-electron chi connectivity index (χ0n) is 10.3. The van der Waals surface area contributed by atoms with Gasteiger partial charge in [0.2, 0.25) is 0 Å². The Kier molecular flexibility index (Phi) is 4.41. The van der Waals surface area contributed by atoms with Crippen molar-refractivity contribution in [2.45, 2.75) is 45.1 Å². The Morgan fingerprint density at radius 1 is 1.25 bits per heavy atom. The molecule has 88 valence electrons. The number of hydrogen-bond donors (Lipinski definition) is 1. The second kappa shape index (κ2) is 6.05. The number of rotatable bonds is 7. The van der Waals surface area contributed by atoms with Gasteiger partial charge in [0.05, 0.1) is 0 Å². The van der Waals surface area contributed by atoms with Crippen molar-refractivity contribution >= 4 is 0 Å². The smallest absolute Gasteiger partial charge is 0.00991 e. The summed E-state index contributed by atoms with van der Waals surface area (Å²) in [6.45, 7) is 3.46. The normalized spacial score (nSPS) is 23.3. The summed E-state index contributed by atoms with van der Waals surface area (Å²) in [4.78, 5) is 0. The Labute approximate surface area is 99.3 Å². The van der Waals surface area contributed by atoms with E-state index in [9.17, 15) is 0 Å². The van der Waals surface area contributed by atoms with Gasteiger partial charge in [0.25, 0.3) is 0 Å². The highest BCUT2D eigenvalue weighted by molar-refractivity contribution is 5.14. The second-order valence-corrected chi connectivity index (χ2v) is 4.93. The highest BCUT2D eigenvalue weighted by Gasteiger charge is 2.34. The number of benzene rings is 1. The van der Waals surface area contributed by atoms with Crippen LogP contribution in [0.2, 0.25) is 0 Å². The van der Waals surface area contributed by atoms with Crippen molar-refractivity contribution in [2.75, 3.05) is 6.54 Å². The molecule has 1 aromatic carbocycles. The van der Waals surface area contributed by atoms with Crippen LogP contribution in [0.5, 0.6) is 0 Å². The summed E-state index contributed by atoms with van der Waals surface area (Å²) < 4.78 is 0. The molecule has 0 aromatic heterocycles. The van der Waals surface area contributed by atoms with Crippen LogP contribution in [0.3, 0.4) is 0 Å². The van der Waals surface area contributed by atoms with Crippen LogP contribution >= 0.6 is 0 Å². The predicted molar refractivity (Wildman–Crippen MR) is 69.6 cm³/mol. The quantitative estimate of drug-likeness (QED) is 0.690. The first kappa shape index (κ1) is 11.7. The molecular formula is C15H23N. The van der Waals surface area contributed by atoms with Gasteiger partial charge < -0.3 is 5.32 Å². The Morgan fingerprint density at radius 3 is 2.81 bits per heavy atom. The highest BCUT2D eigenvalue weighted by atomic mass is 15.0. The fourth-order valence-electron chi connectivity index (χ4n) is 2.41. The first-order valence-electron chi connectivity index (χ1n) is 6.67. The molecule has 1 N–H and O–H groups in total.